The van der Waals surface area contributed by atoms with Crippen molar-refractivity contribution in [1.29, 1.82) is 0 Å². The van der Waals surface area contributed by atoms with E-state index in [2.05, 4.69) is 67.6 Å². The molecule has 0 aliphatic heterocycles. The van der Waals surface area contributed by atoms with Crippen molar-refractivity contribution in [3.8, 4) is 0 Å². The molecule has 3 heteroatoms. The van der Waals surface area contributed by atoms with Crippen LogP contribution >= 0.6 is 0 Å². The molecule has 0 fully saturated rings. The van der Waals surface area contributed by atoms with Gasteiger partial charge in [-0.15, -0.1) is 0 Å². The Hall–Kier alpha value is 0.716. The van der Waals surface area contributed by atoms with Crippen LogP contribution in [0.3, 0.4) is 0 Å². The number of rotatable bonds is 13. The molecule has 1 nitrogen and oxygen atoms in total. The zero-order valence-electron chi connectivity index (χ0n) is 19.1. The fourth-order valence-corrected chi connectivity index (χ4v) is 21.3. The van der Waals surface area contributed by atoms with E-state index in [1.165, 1.54) is 38.5 Å². The standard InChI is InChI=1S/C10H21OSi.3C4H9.Sn/c1-7-8-9-11-12(5,6)10(2,3)4;3*1-3-4-2;/h7H,9H2,1-6H3;3*1,3-4H2,2H3;. The van der Waals surface area contributed by atoms with Crippen LogP contribution in [-0.2, 0) is 4.43 Å². The summed E-state index contributed by atoms with van der Waals surface area (Å²) in [5, 5.41) is 0.306. The van der Waals surface area contributed by atoms with Gasteiger partial charge in [-0.2, -0.15) is 0 Å². The molecular weight excluding hydrogens is 427 g/mol. The Balaban J connectivity index is 5.44. The molecule has 0 bridgehead atoms. The van der Waals surface area contributed by atoms with E-state index in [-0.39, 0.29) is 0 Å². The van der Waals surface area contributed by atoms with Crippen molar-refractivity contribution in [3.05, 3.63) is 9.67 Å². The van der Waals surface area contributed by atoms with Crippen LogP contribution in [0.2, 0.25) is 31.4 Å². The third kappa shape index (κ3) is 8.51. The van der Waals surface area contributed by atoms with E-state index in [0.29, 0.717) is 5.04 Å². The molecule has 0 aromatic carbocycles. The minimum absolute atomic E-state index is 0.306. The van der Waals surface area contributed by atoms with Crippen molar-refractivity contribution in [3.63, 3.8) is 0 Å². The molecule has 25 heavy (non-hydrogen) atoms. The van der Waals surface area contributed by atoms with Gasteiger partial charge in [-0.1, -0.05) is 0 Å². The second kappa shape index (κ2) is 12.2. The molecule has 0 amide bonds. The first-order valence-corrected chi connectivity index (χ1v) is 21.3. The summed E-state index contributed by atoms with van der Waals surface area (Å²) < 4.78 is 13.2. The number of unbranched alkanes of at least 4 members (excludes halogenated alkanes) is 3. The summed E-state index contributed by atoms with van der Waals surface area (Å²) in [4.78, 5) is 0. The molecule has 0 atom stereocenters. The molecule has 0 aliphatic carbocycles. The van der Waals surface area contributed by atoms with Gasteiger partial charge in [-0.3, -0.25) is 0 Å². The average molecular weight is 475 g/mol. The number of hydrogen-bond acceptors (Lipinski definition) is 1. The van der Waals surface area contributed by atoms with Crippen LogP contribution in [0, 0.1) is 0 Å². The Kier molecular flexibility index (Phi) is 12.6. The van der Waals surface area contributed by atoms with E-state index >= 15 is 0 Å². The van der Waals surface area contributed by atoms with Gasteiger partial charge in [0.2, 0.25) is 0 Å². The van der Waals surface area contributed by atoms with Crippen LogP contribution in [0.1, 0.15) is 87.0 Å². The monoisotopic (exact) mass is 476 g/mol. The molecule has 0 aliphatic rings. The maximum absolute atomic E-state index is 6.72. The molecule has 0 aromatic heterocycles. The van der Waals surface area contributed by atoms with E-state index in [1.807, 2.05) is 0 Å². The summed E-state index contributed by atoms with van der Waals surface area (Å²) in [6.07, 6.45) is 10.8. The molecule has 0 unspecified atom stereocenters. The minimum atomic E-state index is -2.29. The second-order valence-electron chi connectivity index (χ2n) is 9.45. The first-order valence-electron chi connectivity index (χ1n) is 10.9. The second-order valence-corrected chi connectivity index (χ2v) is 27.7. The Morgan fingerprint density at radius 3 is 1.56 bits per heavy atom. The quantitative estimate of drug-likeness (QED) is 0.243. The zero-order chi connectivity index (χ0) is 19.6. The van der Waals surface area contributed by atoms with Gasteiger partial charge in [0, 0.05) is 0 Å². The van der Waals surface area contributed by atoms with Crippen molar-refractivity contribution in [2.75, 3.05) is 6.61 Å². The van der Waals surface area contributed by atoms with E-state index in [1.54, 1.807) is 16.9 Å². The van der Waals surface area contributed by atoms with Gasteiger partial charge in [0.1, 0.15) is 0 Å². The van der Waals surface area contributed by atoms with Gasteiger partial charge < -0.3 is 0 Å². The van der Waals surface area contributed by atoms with Crippen LogP contribution in [-0.4, -0.2) is 33.3 Å². The Morgan fingerprint density at radius 2 is 1.28 bits per heavy atom. The average Bonchev–Trinajstić information content (AvgIpc) is 2.54. The number of hydrogen-bond donors (Lipinski definition) is 0. The third-order valence-electron chi connectivity index (χ3n) is 6.45. The Bertz CT molecular complexity index is 360. The van der Waals surface area contributed by atoms with E-state index < -0.39 is 26.7 Å². The van der Waals surface area contributed by atoms with Crippen molar-refractivity contribution < 1.29 is 4.43 Å². The summed E-state index contributed by atoms with van der Waals surface area (Å²) in [6.45, 7) is 22.2. The van der Waals surface area contributed by atoms with Gasteiger partial charge in [-0.05, 0) is 0 Å². The summed E-state index contributed by atoms with van der Waals surface area (Å²) in [5.74, 6) is 0. The molecule has 0 aromatic rings. The van der Waals surface area contributed by atoms with E-state index in [0.717, 1.165) is 6.61 Å². The van der Waals surface area contributed by atoms with Crippen LogP contribution < -0.4 is 0 Å². The first kappa shape index (κ1) is 25.7. The van der Waals surface area contributed by atoms with Crippen molar-refractivity contribution in [2.24, 2.45) is 0 Å². The van der Waals surface area contributed by atoms with Crippen LogP contribution in [0.5, 0.6) is 0 Å². The van der Waals surface area contributed by atoms with Crippen molar-refractivity contribution in [1.82, 2.24) is 0 Å². The fourth-order valence-electron chi connectivity index (χ4n) is 3.42. The molecule has 0 saturated carbocycles. The predicted molar refractivity (Wildman–Crippen MR) is 122 cm³/mol. The molecule has 0 spiro atoms. The van der Waals surface area contributed by atoms with Crippen LogP contribution in [0.15, 0.2) is 9.67 Å². The SMILES string of the molecule is C/C=[C](\CO[Si](C)(C)C(C)(C)C)[Sn]([CH2]CCC)([CH2]CCC)[CH2]CCC. The third-order valence-corrected chi connectivity index (χ3v) is 27.3. The normalized spacial score (nSPS) is 14.2. The molecule has 0 rings (SSSR count). The summed E-state index contributed by atoms with van der Waals surface area (Å²) in [7, 11) is -1.66. The van der Waals surface area contributed by atoms with Gasteiger partial charge in [-0.25, -0.2) is 0 Å². The molecule has 150 valence electrons. The molecular formula is C22H48OSiSn. The van der Waals surface area contributed by atoms with Gasteiger partial charge in [0.25, 0.3) is 0 Å². The van der Waals surface area contributed by atoms with Crippen molar-refractivity contribution >= 4 is 26.7 Å². The zero-order valence-corrected chi connectivity index (χ0v) is 22.9. The van der Waals surface area contributed by atoms with Crippen molar-refractivity contribution in [2.45, 2.75) is 118 Å². The maximum atomic E-state index is 6.72. The Labute approximate surface area is 165 Å². The van der Waals surface area contributed by atoms with Gasteiger partial charge in [0.05, 0.1) is 0 Å². The fraction of sp³-hybridized carbons (Fsp3) is 0.909. The van der Waals surface area contributed by atoms with Crippen LogP contribution in [0.4, 0.5) is 0 Å². The van der Waals surface area contributed by atoms with Gasteiger partial charge >= 0.3 is 166 Å². The predicted octanol–water partition coefficient (Wildman–Crippen LogP) is 8.34. The van der Waals surface area contributed by atoms with Gasteiger partial charge in [0.15, 0.2) is 0 Å². The van der Waals surface area contributed by atoms with E-state index in [9.17, 15) is 0 Å². The summed E-state index contributed by atoms with van der Waals surface area (Å²) in [6, 6.07) is 0. The molecule has 0 saturated heterocycles. The first-order chi connectivity index (χ1) is 11.6. The molecule has 0 N–H and O–H groups in total. The van der Waals surface area contributed by atoms with E-state index in [4.69, 9.17) is 4.43 Å². The summed E-state index contributed by atoms with van der Waals surface area (Å²) in [5.41, 5.74) is 0. The Morgan fingerprint density at radius 1 is 0.880 bits per heavy atom. The van der Waals surface area contributed by atoms with Crippen LogP contribution in [0.25, 0.3) is 0 Å². The topological polar surface area (TPSA) is 9.23 Å². The molecule has 0 heterocycles. The summed E-state index contributed by atoms with van der Waals surface area (Å²) >= 11 is -2.29. The molecule has 0 radical (unpaired) electrons. The number of allylic oxidation sites excluding steroid dienone is 1.